The van der Waals surface area contributed by atoms with Crippen molar-refractivity contribution in [2.24, 2.45) is 0 Å². The number of unbranched alkanes of at least 4 members (excludes halogenated alkanes) is 2. The Labute approximate surface area is 108 Å². The minimum Gasteiger partial charge on any atom is -0.466 e. The molecule has 0 saturated carbocycles. The number of nitrogens with zero attached hydrogens (tertiary/aromatic N) is 1. The standard InChI is InChI=1S/C14H21NO3/c1-2-18-14(16)6-4-3-5-11-17-12-13-7-9-15-10-8-13/h7-10H,2-6,11-12H2,1H3. The van der Waals surface area contributed by atoms with Gasteiger partial charge in [-0.3, -0.25) is 9.78 Å². The molecule has 0 radical (unpaired) electrons. The van der Waals surface area contributed by atoms with Crippen molar-refractivity contribution in [3.63, 3.8) is 0 Å². The summed E-state index contributed by atoms with van der Waals surface area (Å²) < 4.78 is 10.4. The fourth-order valence-corrected chi connectivity index (χ4v) is 1.55. The van der Waals surface area contributed by atoms with Gasteiger partial charge in [-0.1, -0.05) is 6.42 Å². The van der Waals surface area contributed by atoms with Crippen LogP contribution in [0.4, 0.5) is 0 Å². The lowest BCUT2D eigenvalue weighted by atomic mass is 10.2. The van der Waals surface area contributed by atoms with Crippen molar-refractivity contribution >= 4 is 5.97 Å². The van der Waals surface area contributed by atoms with Gasteiger partial charge in [-0.15, -0.1) is 0 Å². The van der Waals surface area contributed by atoms with Crippen LogP contribution in [0.5, 0.6) is 0 Å². The number of aromatic nitrogens is 1. The zero-order valence-corrected chi connectivity index (χ0v) is 10.9. The van der Waals surface area contributed by atoms with Crippen LogP contribution in [-0.2, 0) is 20.9 Å². The lowest BCUT2D eigenvalue weighted by molar-refractivity contribution is -0.143. The molecule has 100 valence electrons. The van der Waals surface area contributed by atoms with Crippen molar-refractivity contribution < 1.29 is 14.3 Å². The maximum Gasteiger partial charge on any atom is 0.305 e. The number of hydrogen-bond donors (Lipinski definition) is 0. The maximum absolute atomic E-state index is 11.1. The summed E-state index contributed by atoms with van der Waals surface area (Å²) in [7, 11) is 0. The molecule has 0 bridgehead atoms. The van der Waals surface area contributed by atoms with E-state index in [4.69, 9.17) is 9.47 Å². The van der Waals surface area contributed by atoms with E-state index in [0.717, 1.165) is 31.4 Å². The predicted octanol–water partition coefficient (Wildman–Crippen LogP) is 2.72. The highest BCUT2D eigenvalue weighted by atomic mass is 16.5. The van der Waals surface area contributed by atoms with E-state index in [1.807, 2.05) is 19.1 Å². The van der Waals surface area contributed by atoms with Gasteiger partial charge < -0.3 is 9.47 Å². The Kier molecular flexibility index (Phi) is 7.80. The van der Waals surface area contributed by atoms with E-state index in [0.29, 0.717) is 19.6 Å². The average Bonchev–Trinajstić information content (AvgIpc) is 2.39. The Morgan fingerprint density at radius 3 is 2.72 bits per heavy atom. The molecule has 0 aromatic carbocycles. The Morgan fingerprint density at radius 1 is 1.22 bits per heavy atom. The first-order valence-electron chi connectivity index (χ1n) is 6.45. The van der Waals surface area contributed by atoms with E-state index in [-0.39, 0.29) is 5.97 Å². The molecule has 4 nitrogen and oxygen atoms in total. The van der Waals surface area contributed by atoms with E-state index in [2.05, 4.69) is 4.98 Å². The molecule has 0 aliphatic carbocycles. The van der Waals surface area contributed by atoms with Crippen LogP contribution in [0, 0.1) is 0 Å². The Morgan fingerprint density at radius 2 is 2.00 bits per heavy atom. The fraction of sp³-hybridized carbons (Fsp3) is 0.571. The highest BCUT2D eigenvalue weighted by Crippen LogP contribution is 2.04. The van der Waals surface area contributed by atoms with Crippen LogP contribution < -0.4 is 0 Å². The van der Waals surface area contributed by atoms with Gasteiger partial charge in [0, 0.05) is 25.4 Å². The molecule has 0 unspecified atom stereocenters. The molecule has 0 fully saturated rings. The minimum atomic E-state index is -0.102. The molecule has 0 saturated heterocycles. The first kappa shape index (κ1) is 14.6. The molecule has 0 amide bonds. The summed E-state index contributed by atoms with van der Waals surface area (Å²) in [6.45, 7) is 3.64. The second kappa shape index (κ2) is 9.59. The van der Waals surface area contributed by atoms with Crippen LogP contribution in [0.15, 0.2) is 24.5 Å². The van der Waals surface area contributed by atoms with Crippen LogP contribution in [0.1, 0.15) is 38.2 Å². The molecule has 1 aromatic rings. The van der Waals surface area contributed by atoms with Gasteiger partial charge in [0.2, 0.25) is 0 Å². The minimum absolute atomic E-state index is 0.102. The molecule has 0 spiro atoms. The number of pyridine rings is 1. The van der Waals surface area contributed by atoms with Gasteiger partial charge in [-0.2, -0.15) is 0 Å². The number of ether oxygens (including phenoxy) is 2. The Hall–Kier alpha value is -1.42. The van der Waals surface area contributed by atoms with Crippen molar-refractivity contribution in [3.05, 3.63) is 30.1 Å². The van der Waals surface area contributed by atoms with E-state index < -0.39 is 0 Å². The van der Waals surface area contributed by atoms with Gasteiger partial charge in [-0.05, 0) is 37.5 Å². The van der Waals surface area contributed by atoms with E-state index in [1.54, 1.807) is 12.4 Å². The normalized spacial score (nSPS) is 10.3. The van der Waals surface area contributed by atoms with Crippen molar-refractivity contribution in [1.82, 2.24) is 4.98 Å². The maximum atomic E-state index is 11.1. The van der Waals surface area contributed by atoms with Gasteiger partial charge >= 0.3 is 5.97 Å². The van der Waals surface area contributed by atoms with Gasteiger partial charge in [-0.25, -0.2) is 0 Å². The topological polar surface area (TPSA) is 48.4 Å². The zero-order chi connectivity index (χ0) is 13.1. The Balaban J connectivity index is 1.92. The SMILES string of the molecule is CCOC(=O)CCCCCOCc1ccncc1. The molecule has 0 aliphatic rings. The molecule has 1 aromatic heterocycles. The summed E-state index contributed by atoms with van der Waals surface area (Å²) in [6.07, 6.45) is 6.88. The molecular weight excluding hydrogens is 230 g/mol. The number of esters is 1. The van der Waals surface area contributed by atoms with Crippen LogP contribution in [0.25, 0.3) is 0 Å². The second-order valence-corrected chi connectivity index (χ2v) is 4.02. The fourth-order valence-electron chi connectivity index (χ4n) is 1.55. The number of carbonyl (C=O) groups is 1. The lowest BCUT2D eigenvalue weighted by Gasteiger charge is -2.04. The molecule has 0 N–H and O–H groups in total. The second-order valence-electron chi connectivity index (χ2n) is 4.02. The number of rotatable bonds is 9. The summed E-state index contributed by atoms with van der Waals surface area (Å²) in [5.74, 6) is -0.102. The number of hydrogen-bond acceptors (Lipinski definition) is 4. The highest BCUT2D eigenvalue weighted by Gasteiger charge is 2.00. The van der Waals surface area contributed by atoms with Crippen molar-refractivity contribution in [2.45, 2.75) is 39.2 Å². The summed E-state index contributed by atoms with van der Waals surface area (Å²) in [4.78, 5) is 15.0. The zero-order valence-electron chi connectivity index (χ0n) is 10.9. The average molecular weight is 251 g/mol. The smallest absolute Gasteiger partial charge is 0.305 e. The van der Waals surface area contributed by atoms with Gasteiger partial charge in [0.1, 0.15) is 0 Å². The van der Waals surface area contributed by atoms with Gasteiger partial charge in [0.05, 0.1) is 13.2 Å². The molecule has 18 heavy (non-hydrogen) atoms. The summed E-state index contributed by atoms with van der Waals surface area (Å²) in [5, 5.41) is 0. The van der Waals surface area contributed by atoms with Crippen molar-refractivity contribution in [3.8, 4) is 0 Å². The van der Waals surface area contributed by atoms with Crippen molar-refractivity contribution in [2.75, 3.05) is 13.2 Å². The van der Waals surface area contributed by atoms with Gasteiger partial charge in [0.15, 0.2) is 0 Å². The largest absolute Gasteiger partial charge is 0.466 e. The highest BCUT2D eigenvalue weighted by molar-refractivity contribution is 5.69. The quantitative estimate of drug-likeness (QED) is 0.500. The lowest BCUT2D eigenvalue weighted by Crippen LogP contribution is -2.03. The van der Waals surface area contributed by atoms with Crippen LogP contribution >= 0.6 is 0 Å². The number of carbonyl (C=O) groups excluding carboxylic acids is 1. The third-order valence-electron chi connectivity index (χ3n) is 2.49. The summed E-state index contributed by atoms with van der Waals surface area (Å²) >= 11 is 0. The first-order chi connectivity index (χ1) is 8.83. The third kappa shape index (κ3) is 7.01. The van der Waals surface area contributed by atoms with Crippen molar-refractivity contribution in [1.29, 1.82) is 0 Å². The molecule has 1 heterocycles. The van der Waals surface area contributed by atoms with Gasteiger partial charge in [0.25, 0.3) is 0 Å². The van der Waals surface area contributed by atoms with Crippen LogP contribution in [0.2, 0.25) is 0 Å². The third-order valence-corrected chi connectivity index (χ3v) is 2.49. The monoisotopic (exact) mass is 251 g/mol. The first-order valence-corrected chi connectivity index (χ1v) is 6.45. The van der Waals surface area contributed by atoms with Crippen LogP contribution in [0.3, 0.4) is 0 Å². The molecule has 4 heteroatoms. The van der Waals surface area contributed by atoms with E-state index in [9.17, 15) is 4.79 Å². The summed E-state index contributed by atoms with van der Waals surface area (Å²) in [5.41, 5.74) is 1.14. The molecule has 0 aliphatic heterocycles. The van der Waals surface area contributed by atoms with E-state index in [1.165, 1.54) is 0 Å². The summed E-state index contributed by atoms with van der Waals surface area (Å²) in [6, 6.07) is 3.89. The van der Waals surface area contributed by atoms with E-state index >= 15 is 0 Å². The van der Waals surface area contributed by atoms with Crippen LogP contribution in [-0.4, -0.2) is 24.2 Å². The predicted molar refractivity (Wildman–Crippen MR) is 69.0 cm³/mol. The Bertz CT molecular complexity index is 327. The molecule has 0 atom stereocenters. The molecular formula is C14H21NO3. The molecule has 1 rings (SSSR count).